The van der Waals surface area contributed by atoms with Crippen molar-refractivity contribution in [2.24, 2.45) is 0 Å². The van der Waals surface area contributed by atoms with Gasteiger partial charge in [0.1, 0.15) is 5.82 Å². The number of nitrogens with zero attached hydrogens (tertiary/aromatic N) is 3. The molecule has 1 N–H and O–H groups in total. The molecule has 3 heterocycles. The van der Waals surface area contributed by atoms with E-state index in [2.05, 4.69) is 14.9 Å². The van der Waals surface area contributed by atoms with E-state index < -0.39 is 0 Å². The number of imidazole rings is 1. The minimum absolute atomic E-state index is 0.239. The number of ether oxygens (including phenoxy) is 1. The molecule has 0 bridgehead atoms. The number of hydrogen-bond acceptors (Lipinski definition) is 4. The average molecular weight is 278 g/mol. The van der Waals surface area contributed by atoms with Gasteiger partial charge in [-0.1, -0.05) is 0 Å². The fourth-order valence-corrected chi connectivity index (χ4v) is 2.98. The Morgan fingerprint density at radius 3 is 3.00 bits per heavy atom. The number of aromatic nitrogens is 2. The minimum Gasteiger partial charge on any atom is -0.379 e. The quantitative estimate of drug-likeness (QED) is 0.872. The third-order valence-corrected chi connectivity index (χ3v) is 4.14. The van der Waals surface area contributed by atoms with Crippen molar-refractivity contribution in [2.45, 2.75) is 18.8 Å². The third-order valence-electron chi connectivity index (χ3n) is 4.14. The fourth-order valence-electron chi connectivity index (χ4n) is 2.98. The van der Waals surface area contributed by atoms with Gasteiger partial charge >= 0.3 is 0 Å². The number of hydrogen-bond donors (Lipinski definition) is 1. The molecule has 2 aliphatic rings. The molecule has 2 saturated heterocycles. The van der Waals surface area contributed by atoms with Crippen LogP contribution in [0, 0.1) is 0 Å². The summed E-state index contributed by atoms with van der Waals surface area (Å²) in [6, 6.07) is 0. The van der Waals surface area contributed by atoms with Crippen molar-refractivity contribution >= 4 is 5.91 Å². The van der Waals surface area contributed by atoms with E-state index in [0.29, 0.717) is 12.5 Å². The number of amides is 1. The lowest BCUT2D eigenvalue weighted by atomic mass is 9.97. The Kier molecular flexibility index (Phi) is 4.32. The van der Waals surface area contributed by atoms with Crippen molar-refractivity contribution in [2.75, 3.05) is 45.9 Å². The monoisotopic (exact) mass is 278 g/mol. The highest BCUT2D eigenvalue weighted by molar-refractivity contribution is 5.78. The number of rotatable bonds is 3. The van der Waals surface area contributed by atoms with Crippen LogP contribution in [0.4, 0.5) is 0 Å². The Morgan fingerprint density at radius 2 is 2.25 bits per heavy atom. The van der Waals surface area contributed by atoms with E-state index >= 15 is 0 Å². The van der Waals surface area contributed by atoms with E-state index in [1.807, 2.05) is 11.1 Å². The number of aromatic amines is 1. The van der Waals surface area contributed by atoms with Crippen LogP contribution in [0.1, 0.15) is 24.6 Å². The van der Waals surface area contributed by atoms with E-state index in [-0.39, 0.29) is 5.91 Å². The molecule has 0 radical (unpaired) electrons. The first-order valence-corrected chi connectivity index (χ1v) is 7.40. The summed E-state index contributed by atoms with van der Waals surface area (Å²) in [5.74, 6) is 1.60. The highest BCUT2D eigenvalue weighted by atomic mass is 16.5. The molecule has 0 spiro atoms. The molecule has 1 aromatic rings. The second kappa shape index (κ2) is 6.37. The highest BCUT2D eigenvalue weighted by Gasteiger charge is 2.27. The van der Waals surface area contributed by atoms with Crippen molar-refractivity contribution in [3.63, 3.8) is 0 Å². The van der Waals surface area contributed by atoms with Crippen molar-refractivity contribution in [1.82, 2.24) is 19.8 Å². The largest absolute Gasteiger partial charge is 0.379 e. The summed E-state index contributed by atoms with van der Waals surface area (Å²) in [4.78, 5) is 24.1. The first kappa shape index (κ1) is 13.6. The van der Waals surface area contributed by atoms with E-state index in [1.165, 1.54) is 0 Å². The van der Waals surface area contributed by atoms with Gasteiger partial charge in [0.05, 0.1) is 19.8 Å². The zero-order valence-electron chi connectivity index (χ0n) is 11.8. The van der Waals surface area contributed by atoms with Gasteiger partial charge in [-0.15, -0.1) is 0 Å². The summed E-state index contributed by atoms with van der Waals surface area (Å²) < 4.78 is 5.31. The summed E-state index contributed by atoms with van der Waals surface area (Å²) in [5, 5.41) is 0. The normalized spacial score (nSPS) is 24.8. The number of carbonyl (C=O) groups is 1. The molecule has 6 heteroatoms. The molecule has 1 atom stereocenters. The Labute approximate surface area is 119 Å². The summed E-state index contributed by atoms with van der Waals surface area (Å²) in [6.07, 6.45) is 5.79. The van der Waals surface area contributed by atoms with Gasteiger partial charge in [0.15, 0.2) is 0 Å². The van der Waals surface area contributed by atoms with E-state index in [4.69, 9.17) is 4.74 Å². The molecule has 110 valence electrons. The minimum atomic E-state index is 0.239. The van der Waals surface area contributed by atoms with Gasteiger partial charge in [0.2, 0.25) is 5.91 Å². The van der Waals surface area contributed by atoms with Gasteiger partial charge in [-0.3, -0.25) is 9.69 Å². The lowest BCUT2D eigenvalue weighted by Gasteiger charge is -2.34. The molecular formula is C14H22N4O2. The number of piperidine rings is 1. The van der Waals surface area contributed by atoms with Crippen LogP contribution in [0.3, 0.4) is 0 Å². The van der Waals surface area contributed by atoms with E-state index in [0.717, 1.165) is 58.1 Å². The molecule has 20 heavy (non-hydrogen) atoms. The van der Waals surface area contributed by atoms with Gasteiger partial charge in [-0.05, 0) is 12.8 Å². The van der Waals surface area contributed by atoms with Crippen molar-refractivity contribution in [3.8, 4) is 0 Å². The molecule has 3 rings (SSSR count). The van der Waals surface area contributed by atoms with Crippen LogP contribution in [0.25, 0.3) is 0 Å². The second-order valence-corrected chi connectivity index (χ2v) is 5.54. The molecule has 0 saturated carbocycles. The number of carbonyl (C=O) groups excluding carboxylic acids is 1. The van der Waals surface area contributed by atoms with Crippen LogP contribution in [0.15, 0.2) is 12.4 Å². The molecule has 1 aromatic heterocycles. The molecule has 0 aromatic carbocycles. The fraction of sp³-hybridized carbons (Fsp3) is 0.714. The number of H-pyrrole nitrogens is 1. The maximum atomic E-state index is 12.4. The average Bonchev–Trinajstić information content (AvgIpc) is 3.03. The topological polar surface area (TPSA) is 61.5 Å². The lowest BCUT2D eigenvalue weighted by molar-refractivity contribution is -0.134. The maximum absolute atomic E-state index is 12.4. The molecule has 6 nitrogen and oxygen atoms in total. The highest BCUT2D eigenvalue weighted by Crippen LogP contribution is 2.24. The first-order valence-electron chi connectivity index (χ1n) is 7.40. The van der Waals surface area contributed by atoms with Crippen molar-refractivity contribution in [3.05, 3.63) is 18.2 Å². The molecule has 1 unspecified atom stereocenters. The molecule has 0 aliphatic carbocycles. The zero-order valence-corrected chi connectivity index (χ0v) is 11.8. The van der Waals surface area contributed by atoms with Crippen LogP contribution >= 0.6 is 0 Å². The summed E-state index contributed by atoms with van der Waals surface area (Å²) in [7, 11) is 0. The summed E-state index contributed by atoms with van der Waals surface area (Å²) in [6.45, 7) is 5.39. The third kappa shape index (κ3) is 3.19. The Bertz CT molecular complexity index is 428. The van der Waals surface area contributed by atoms with Gasteiger partial charge < -0.3 is 14.6 Å². The van der Waals surface area contributed by atoms with E-state index in [1.54, 1.807) is 6.20 Å². The smallest absolute Gasteiger partial charge is 0.236 e. The molecule has 2 aliphatic heterocycles. The van der Waals surface area contributed by atoms with Gasteiger partial charge in [-0.25, -0.2) is 4.98 Å². The Morgan fingerprint density at radius 1 is 1.40 bits per heavy atom. The summed E-state index contributed by atoms with van der Waals surface area (Å²) >= 11 is 0. The summed E-state index contributed by atoms with van der Waals surface area (Å²) in [5.41, 5.74) is 0. The van der Waals surface area contributed by atoms with Crippen LogP contribution in [-0.2, 0) is 9.53 Å². The van der Waals surface area contributed by atoms with Gasteiger partial charge in [0, 0.05) is 44.5 Å². The molecular weight excluding hydrogens is 256 g/mol. The lowest BCUT2D eigenvalue weighted by Crippen LogP contribution is -2.47. The SMILES string of the molecule is O=C(CN1CCOCC1)N1CCCC(c2ncc[nH]2)C1. The van der Waals surface area contributed by atoms with Crippen LogP contribution in [0.5, 0.6) is 0 Å². The van der Waals surface area contributed by atoms with Gasteiger partial charge in [-0.2, -0.15) is 0 Å². The van der Waals surface area contributed by atoms with Crippen molar-refractivity contribution in [1.29, 1.82) is 0 Å². The van der Waals surface area contributed by atoms with Gasteiger partial charge in [0.25, 0.3) is 0 Å². The standard InChI is InChI=1S/C14H22N4O2/c19-13(11-17-6-8-20-9-7-17)18-5-1-2-12(10-18)14-15-3-4-16-14/h3-4,12H,1-2,5-11H2,(H,15,16). The first-order chi connectivity index (χ1) is 9.83. The van der Waals surface area contributed by atoms with Crippen molar-refractivity contribution < 1.29 is 9.53 Å². The molecule has 2 fully saturated rings. The predicted molar refractivity (Wildman–Crippen MR) is 74.4 cm³/mol. The Balaban J connectivity index is 1.54. The number of morpholine rings is 1. The predicted octanol–water partition coefficient (Wildman–Crippen LogP) is 0.448. The van der Waals surface area contributed by atoms with Crippen LogP contribution in [0.2, 0.25) is 0 Å². The van der Waals surface area contributed by atoms with E-state index in [9.17, 15) is 4.79 Å². The zero-order chi connectivity index (χ0) is 13.8. The van der Waals surface area contributed by atoms with Crippen LogP contribution in [-0.4, -0.2) is 71.6 Å². The Hall–Kier alpha value is -1.40. The van der Waals surface area contributed by atoms with Crippen LogP contribution < -0.4 is 0 Å². The number of nitrogens with one attached hydrogen (secondary N) is 1. The second-order valence-electron chi connectivity index (χ2n) is 5.54. The number of likely N-dealkylation sites (tertiary alicyclic amines) is 1. The maximum Gasteiger partial charge on any atom is 0.236 e. The molecule has 1 amide bonds.